The Kier molecular flexibility index (Phi) is 5.02. The van der Waals surface area contributed by atoms with Crippen molar-refractivity contribution in [2.75, 3.05) is 6.61 Å². The van der Waals surface area contributed by atoms with E-state index in [2.05, 4.69) is 5.32 Å². The Labute approximate surface area is 108 Å². The molecule has 1 aromatic carbocycles. The van der Waals surface area contributed by atoms with Gasteiger partial charge in [0.1, 0.15) is 5.75 Å². The van der Waals surface area contributed by atoms with Gasteiger partial charge in [-0.15, -0.1) is 0 Å². The van der Waals surface area contributed by atoms with Gasteiger partial charge in [0.2, 0.25) is 0 Å². The standard InChI is InChI=1S/C10H11Cl2NO4/c11-6-1-2-7(15)5(9(6)12)3-13-10(17)8(16)4-14/h1-2,8,14-16H,3-4H2,(H,13,17)/t8-/m0/s1. The largest absolute Gasteiger partial charge is 0.508 e. The van der Waals surface area contributed by atoms with Crippen LogP contribution in [-0.4, -0.2) is 33.9 Å². The summed E-state index contributed by atoms with van der Waals surface area (Å²) in [4.78, 5) is 11.2. The van der Waals surface area contributed by atoms with Gasteiger partial charge in [-0.05, 0) is 12.1 Å². The smallest absolute Gasteiger partial charge is 0.251 e. The third-order valence-corrected chi connectivity index (χ3v) is 2.93. The quantitative estimate of drug-likeness (QED) is 0.652. The minimum atomic E-state index is -1.50. The fraction of sp³-hybridized carbons (Fsp3) is 0.300. The highest BCUT2D eigenvalue weighted by atomic mass is 35.5. The molecular formula is C10H11Cl2NO4. The maximum atomic E-state index is 11.2. The Morgan fingerprint density at radius 2 is 2.06 bits per heavy atom. The number of amides is 1. The Bertz CT molecular complexity index is 425. The van der Waals surface area contributed by atoms with Crippen LogP contribution in [0.1, 0.15) is 5.56 Å². The zero-order valence-electron chi connectivity index (χ0n) is 8.65. The Morgan fingerprint density at radius 1 is 1.41 bits per heavy atom. The first-order valence-electron chi connectivity index (χ1n) is 4.69. The van der Waals surface area contributed by atoms with Crippen molar-refractivity contribution >= 4 is 29.1 Å². The van der Waals surface area contributed by atoms with Gasteiger partial charge in [-0.1, -0.05) is 23.2 Å². The van der Waals surface area contributed by atoms with Crippen LogP contribution < -0.4 is 5.32 Å². The zero-order valence-corrected chi connectivity index (χ0v) is 10.2. The molecule has 1 rings (SSSR count). The summed E-state index contributed by atoms with van der Waals surface area (Å²) in [7, 11) is 0. The van der Waals surface area contributed by atoms with E-state index >= 15 is 0 Å². The van der Waals surface area contributed by atoms with Crippen molar-refractivity contribution in [1.29, 1.82) is 0 Å². The summed E-state index contributed by atoms with van der Waals surface area (Å²) < 4.78 is 0. The van der Waals surface area contributed by atoms with Gasteiger partial charge in [-0.3, -0.25) is 4.79 Å². The monoisotopic (exact) mass is 279 g/mol. The molecule has 0 aliphatic carbocycles. The fourth-order valence-electron chi connectivity index (χ4n) is 1.13. The summed E-state index contributed by atoms with van der Waals surface area (Å²) in [6.07, 6.45) is -1.50. The van der Waals surface area contributed by atoms with Gasteiger partial charge < -0.3 is 20.6 Å². The number of phenolic OH excluding ortho intramolecular Hbond substituents is 1. The van der Waals surface area contributed by atoms with Crippen molar-refractivity contribution in [3.63, 3.8) is 0 Å². The van der Waals surface area contributed by atoms with Crippen LogP contribution in [0.3, 0.4) is 0 Å². The molecule has 0 saturated carbocycles. The number of hydrogen-bond acceptors (Lipinski definition) is 4. The molecule has 0 saturated heterocycles. The third kappa shape index (κ3) is 3.47. The molecule has 0 spiro atoms. The molecule has 1 amide bonds. The number of aliphatic hydroxyl groups excluding tert-OH is 2. The van der Waals surface area contributed by atoms with Gasteiger partial charge in [0.25, 0.3) is 5.91 Å². The first-order chi connectivity index (χ1) is 7.97. The van der Waals surface area contributed by atoms with Crippen LogP contribution in [0.15, 0.2) is 12.1 Å². The topological polar surface area (TPSA) is 89.8 Å². The lowest BCUT2D eigenvalue weighted by atomic mass is 10.2. The van der Waals surface area contributed by atoms with Gasteiger partial charge >= 0.3 is 0 Å². The first-order valence-corrected chi connectivity index (χ1v) is 5.45. The van der Waals surface area contributed by atoms with Crippen molar-refractivity contribution in [1.82, 2.24) is 5.32 Å². The van der Waals surface area contributed by atoms with E-state index in [1.165, 1.54) is 12.1 Å². The lowest BCUT2D eigenvalue weighted by molar-refractivity contribution is -0.131. The highest BCUT2D eigenvalue weighted by Crippen LogP contribution is 2.31. The predicted octanol–water partition coefficient (Wildman–Crippen LogP) is 0.668. The Hall–Kier alpha value is -1.01. The van der Waals surface area contributed by atoms with E-state index in [4.69, 9.17) is 33.4 Å². The first kappa shape index (κ1) is 14.1. The molecule has 0 aliphatic heterocycles. The highest BCUT2D eigenvalue weighted by Gasteiger charge is 2.15. The number of nitrogens with one attached hydrogen (secondary N) is 1. The summed E-state index contributed by atoms with van der Waals surface area (Å²) >= 11 is 11.6. The molecule has 0 unspecified atom stereocenters. The van der Waals surface area contributed by atoms with Gasteiger partial charge in [0.05, 0.1) is 16.7 Å². The summed E-state index contributed by atoms with van der Waals surface area (Å²) in [5.41, 5.74) is 0.248. The summed E-state index contributed by atoms with van der Waals surface area (Å²) in [6, 6.07) is 2.77. The molecule has 4 N–H and O–H groups in total. The van der Waals surface area contributed by atoms with Crippen LogP contribution in [0.25, 0.3) is 0 Å². The molecule has 0 aromatic heterocycles. The normalized spacial score (nSPS) is 12.2. The Morgan fingerprint density at radius 3 is 2.65 bits per heavy atom. The fourth-order valence-corrected chi connectivity index (χ4v) is 1.53. The molecule has 7 heteroatoms. The van der Waals surface area contributed by atoms with E-state index in [0.29, 0.717) is 0 Å². The minimum Gasteiger partial charge on any atom is -0.508 e. The molecule has 0 bridgehead atoms. The van der Waals surface area contributed by atoms with Crippen LogP contribution in [0.4, 0.5) is 0 Å². The van der Waals surface area contributed by atoms with Gasteiger partial charge in [-0.2, -0.15) is 0 Å². The van der Waals surface area contributed by atoms with E-state index in [1.807, 2.05) is 0 Å². The van der Waals surface area contributed by atoms with E-state index < -0.39 is 18.6 Å². The average molecular weight is 280 g/mol. The number of halogens is 2. The predicted molar refractivity (Wildman–Crippen MR) is 63.1 cm³/mol. The Balaban J connectivity index is 2.76. The molecule has 0 aliphatic rings. The lowest BCUT2D eigenvalue weighted by Crippen LogP contribution is -2.36. The molecule has 17 heavy (non-hydrogen) atoms. The third-order valence-electron chi connectivity index (χ3n) is 2.09. The molecule has 94 valence electrons. The van der Waals surface area contributed by atoms with E-state index in [1.54, 1.807) is 0 Å². The second-order valence-corrected chi connectivity index (χ2v) is 4.06. The van der Waals surface area contributed by atoms with Crippen molar-refractivity contribution in [3.05, 3.63) is 27.7 Å². The molecule has 5 nitrogen and oxygen atoms in total. The van der Waals surface area contributed by atoms with Crippen LogP contribution in [-0.2, 0) is 11.3 Å². The number of rotatable bonds is 4. The molecule has 0 heterocycles. The average Bonchev–Trinajstić information content (AvgIpc) is 2.32. The number of hydrogen-bond donors (Lipinski definition) is 4. The second kappa shape index (κ2) is 6.07. The van der Waals surface area contributed by atoms with Crippen LogP contribution in [0, 0.1) is 0 Å². The molecule has 0 fully saturated rings. The number of aliphatic hydroxyl groups is 2. The maximum Gasteiger partial charge on any atom is 0.251 e. The van der Waals surface area contributed by atoms with Crippen molar-refractivity contribution in [3.8, 4) is 5.75 Å². The van der Waals surface area contributed by atoms with Crippen LogP contribution in [0.5, 0.6) is 5.75 Å². The van der Waals surface area contributed by atoms with Crippen molar-refractivity contribution in [2.45, 2.75) is 12.6 Å². The van der Waals surface area contributed by atoms with Crippen molar-refractivity contribution < 1.29 is 20.1 Å². The van der Waals surface area contributed by atoms with E-state index in [0.717, 1.165) is 0 Å². The zero-order chi connectivity index (χ0) is 13.0. The number of aromatic hydroxyl groups is 1. The second-order valence-electron chi connectivity index (χ2n) is 3.28. The number of phenols is 1. The summed E-state index contributed by atoms with van der Waals surface area (Å²) in [5, 5.41) is 29.8. The van der Waals surface area contributed by atoms with Gasteiger partial charge in [0, 0.05) is 12.1 Å². The summed E-state index contributed by atoms with van der Waals surface area (Å²) in [5.74, 6) is -0.874. The number of carbonyl (C=O) groups is 1. The lowest BCUT2D eigenvalue weighted by Gasteiger charge is -2.11. The van der Waals surface area contributed by atoms with Crippen molar-refractivity contribution in [2.24, 2.45) is 0 Å². The molecule has 1 aromatic rings. The molecule has 0 radical (unpaired) electrons. The van der Waals surface area contributed by atoms with E-state index in [9.17, 15) is 9.90 Å². The maximum absolute atomic E-state index is 11.2. The van der Waals surface area contributed by atoms with Gasteiger partial charge in [-0.25, -0.2) is 0 Å². The van der Waals surface area contributed by atoms with Crippen LogP contribution >= 0.6 is 23.2 Å². The number of benzene rings is 1. The van der Waals surface area contributed by atoms with Gasteiger partial charge in [0.15, 0.2) is 6.10 Å². The van der Waals surface area contributed by atoms with Crippen LogP contribution in [0.2, 0.25) is 10.0 Å². The number of carbonyl (C=O) groups excluding carboxylic acids is 1. The highest BCUT2D eigenvalue weighted by molar-refractivity contribution is 6.42. The summed E-state index contributed by atoms with van der Waals surface area (Å²) in [6.45, 7) is -0.776. The van der Waals surface area contributed by atoms with E-state index in [-0.39, 0.29) is 27.9 Å². The molecular weight excluding hydrogens is 269 g/mol. The SMILES string of the molecule is O=C(NCc1c(O)ccc(Cl)c1Cl)[C@@H](O)CO. The minimum absolute atomic E-state index is 0.0961. The molecule has 1 atom stereocenters.